The number of nitrogens with two attached hydrogens (primary N) is 1. The highest BCUT2D eigenvalue weighted by molar-refractivity contribution is 7.59. The maximum atomic E-state index is 14.4. The predicted octanol–water partition coefficient (Wildman–Crippen LogP) is 3.27. The Morgan fingerprint density at radius 2 is 1.87 bits per heavy atom. The Labute approximate surface area is 264 Å². The smallest absolute Gasteiger partial charge is 0.323 e. The SMILES string of the molecule is CC(C)COC(O)C(Cc1ccccc1)NP(=O)(COCCn1cnc2c(NC3CC3)nc(N)nc21)NC(C)C(=O)OC(C)C. The lowest BCUT2D eigenvalue weighted by molar-refractivity contribution is -0.149. The van der Waals surface area contributed by atoms with Crippen molar-refractivity contribution in [2.24, 2.45) is 5.92 Å². The normalized spacial score (nSPS) is 16.9. The van der Waals surface area contributed by atoms with Gasteiger partial charge in [-0.2, -0.15) is 9.97 Å². The first-order valence-electron chi connectivity index (χ1n) is 15.4. The maximum absolute atomic E-state index is 14.4. The highest BCUT2D eigenvalue weighted by Crippen LogP contribution is 2.39. The van der Waals surface area contributed by atoms with Crippen LogP contribution >= 0.6 is 7.44 Å². The average Bonchev–Trinajstić information content (AvgIpc) is 3.71. The molecule has 15 heteroatoms. The van der Waals surface area contributed by atoms with E-state index >= 15 is 0 Å². The van der Waals surface area contributed by atoms with Crippen molar-refractivity contribution in [3.63, 3.8) is 0 Å². The van der Waals surface area contributed by atoms with E-state index in [-0.39, 0.29) is 30.9 Å². The molecule has 1 fully saturated rings. The number of hydrogen-bond donors (Lipinski definition) is 5. The van der Waals surface area contributed by atoms with Crippen molar-refractivity contribution in [2.45, 2.75) is 90.9 Å². The van der Waals surface area contributed by atoms with Crippen LogP contribution in [0.1, 0.15) is 53.0 Å². The maximum Gasteiger partial charge on any atom is 0.323 e. The molecule has 1 saturated carbocycles. The second kappa shape index (κ2) is 15.9. The zero-order valence-electron chi connectivity index (χ0n) is 26.7. The molecule has 0 spiro atoms. The van der Waals surface area contributed by atoms with Crippen LogP contribution in [0.2, 0.25) is 0 Å². The number of aliphatic hydroxyl groups excluding tert-OH is 1. The number of fused-ring (bicyclic) bond motifs is 1. The summed E-state index contributed by atoms with van der Waals surface area (Å²) >= 11 is 0. The van der Waals surface area contributed by atoms with E-state index in [2.05, 4.69) is 30.4 Å². The fraction of sp³-hybridized carbons (Fsp3) is 0.600. The van der Waals surface area contributed by atoms with Crippen LogP contribution in [-0.4, -0.2) is 80.7 Å². The minimum atomic E-state index is -3.69. The van der Waals surface area contributed by atoms with Crippen LogP contribution in [0.5, 0.6) is 0 Å². The second-order valence-electron chi connectivity index (χ2n) is 12.1. The first kappa shape index (κ1) is 34.7. The van der Waals surface area contributed by atoms with Gasteiger partial charge in [-0.3, -0.25) is 9.36 Å². The van der Waals surface area contributed by atoms with E-state index in [0.29, 0.717) is 42.6 Å². The number of carbonyl (C=O) groups excluding carboxylic acids is 1. The number of rotatable bonds is 19. The van der Waals surface area contributed by atoms with Gasteiger partial charge in [0.2, 0.25) is 13.4 Å². The van der Waals surface area contributed by atoms with Gasteiger partial charge in [0.05, 0.1) is 31.7 Å². The van der Waals surface area contributed by atoms with Crippen molar-refractivity contribution in [1.29, 1.82) is 0 Å². The lowest BCUT2D eigenvalue weighted by Gasteiger charge is -2.31. The predicted molar refractivity (Wildman–Crippen MR) is 172 cm³/mol. The number of ether oxygens (including phenoxy) is 3. The molecule has 3 aromatic rings. The molecular formula is C30H47N8O6P. The molecule has 2 aromatic heterocycles. The topological polar surface area (TPSA) is 188 Å². The summed E-state index contributed by atoms with van der Waals surface area (Å²) in [5, 5.41) is 20.4. The van der Waals surface area contributed by atoms with E-state index in [1.165, 1.54) is 0 Å². The van der Waals surface area contributed by atoms with Gasteiger partial charge in [-0.05, 0) is 51.5 Å². The molecule has 4 unspecified atom stereocenters. The van der Waals surface area contributed by atoms with E-state index in [0.717, 1.165) is 18.4 Å². The van der Waals surface area contributed by atoms with Gasteiger partial charge < -0.3 is 34.9 Å². The molecule has 0 saturated heterocycles. The second-order valence-corrected chi connectivity index (χ2v) is 14.4. The lowest BCUT2D eigenvalue weighted by Crippen LogP contribution is -2.47. The molecule has 1 aliphatic carbocycles. The molecule has 0 bridgehead atoms. The summed E-state index contributed by atoms with van der Waals surface area (Å²) in [7, 11) is -3.69. The van der Waals surface area contributed by atoms with E-state index in [9.17, 15) is 14.5 Å². The quantitative estimate of drug-likeness (QED) is 0.0553. The summed E-state index contributed by atoms with van der Waals surface area (Å²) in [5.74, 6) is 0.358. The van der Waals surface area contributed by atoms with E-state index in [4.69, 9.17) is 19.9 Å². The number of hydrogen-bond acceptors (Lipinski definition) is 11. The van der Waals surface area contributed by atoms with Gasteiger partial charge in [0.15, 0.2) is 23.3 Å². The number of nitrogens with zero attached hydrogens (tertiary/aromatic N) is 4. The minimum absolute atomic E-state index is 0.135. The Morgan fingerprint density at radius 3 is 2.53 bits per heavy atom. The van der Waals surface area contributed by atoms with Gasteiger partial charge in [-0.1, -0.05) is 44.2 Å². The van der Waals surface area contributed by atoms with Gasteiger partial charge in [0.25, 0.3) is 0 Å². The van der Waals surface area contributed by atoms with Crippen LogP contribution in [-0.2, 0) is 36.5 Å². The van der Waals surface area contributed by atoms with E-state index in [1.54, 1.807) is 31.7 Å². The summed E-state index contributed by atoms with van der Waals surface area (Å²) in [6.45, 7) is 9.81. The van der Waals surface area contributed by atoms with Gasteiger partial charge in [-0.25, -0.2) is 15.2 Å². The molecule has 1 aliphatic rings. The van der Waals surface area contributed by atoms with Crippen molar-refractivity contribution < 1.29 is 28.7 Å². The number of aromatic nitrogens is 4. The molecular weight excluding hydrogens is 599 g/mol. The van der Waals surface area contributed by atoms with Crippen molar-refractivity contribution in [2.75, 3.05) is 30.6 Å². The number of aliphatic hydroxyl groups is 1. The number of esters is 1. The van der Waals surface area contributed by atoms with Crippen LogP contribution in [0.4, 0.5) is 11.8 Å². The molecule has 0 radical (unpaired) electrons. The average molecular weight is 647 g/mol. The Bertz CT molecular complexity index is 1430. The minimum Gasteiger partial charge on any atom is -0.462 e. The van der Waals surface area contributed by atoms with Gasteiger partial charge in [0, 0.05) is 12.6 Å². The number of carbonyl (C=O) groups is 1. The third-order valence-electron chi connectivity index (χ3n) is 6.87. The Hall–Kier alpha value is -3.13. The Balaban J connectivity index is 1.48. The largest absolute Gasteiger partial charge is 0.462 e. The van der Waals surface area contributed by atoms with Crippen LogP contribution in [0.25, 0.3) is 11.2 Å². The van der Waals surface area contributed by atoms with Crippen LogP contribution in [0.15, 0.2) is 36.7 Å². The zero-order valence-corrected chi connectivity index (χ0v) is 27.6. The standard InChI is InChI=1S/C30H47N8O6P/c1-19(2)16-43-29(40)24(15-22-9-7-6-8-10-22)37-45(41,36-21(5)28(39)44-20(3)4)18-42-14-13-38-17-32-25-26(33-23-11-12-23)34-30(31)35-27(25)38/h6-10,17,19-21,23-24,29,40H,11-16,18H2,1-5H3,(H2,36,37,41)(H3,31,33,34,35). The monoisotopic (exact) mass is 646 g/mol. The highest BCUT2D eigenvalue weighted by Gasteiger charge is 2.34. The number of anilines is 2. The number of imidazole rings is 1. The van der Waals surface area contributed by atoms with Crippen molar-refractivity contribution >= 4 is 36.3 Å². The number of nitrogen functional groups attached to an aromatic ring is 1. The summed E-state index contributed by atoms with van der Waals surface area (Å²) < 4.78 is 33.2. The molecule has 45 heavy (non-hydrogen) atoms. The van der Waals surface area contributed by atoms with Crippen LogP contribution in [0.3, 0.4) is 0 Å². The first-order valence-corrected chi connectivity index (χ1v) is 17.3. The number of nitrogens with one attached hydrogen (secondary N) is 3. The summed E-state index contributed by atoms with van der Waals surface area (Å²) in [6.07, 6.45) is 2.19. The molecule has 0 aliphatic heterocycles. The van der Waals surface area contributed by atoms with Gasteiger partial charge in [-0.15, -0.1) is 0 Å². The fourth-order valence-electron chi connectivity index (χ4n) is 4.57. The molecule has 1 aromatic carbocycles. The third-order valence-corrected chi connectivity index (χ3v) is 8.97. The third kappa shape index (κ3) is 10.7. The zero-order chi connectivity index (χ0) is 32.6. The molecule has 2 heterocycles. The molecule has 14 nitrogen and oxygen atoms in total. The van der Waals surface area contributed by atoms with Crippen LogP contribution in [0, 0.1) is 5.92 Å². The highest BCUT2D eigenvalue weighted by atomic mass is 31.2. The lowest BCUT2D eigenvalue weighted by atomic mass is 10.1. The van der Waals surface area contributed by atoms with Gasteiger partial charge in [0.1, 0.15) is 12.4 Å². The van der Waals surface area contributed by atoms with Gasteiger partial charge >= 0.3 is 5.97 Å². The van der Waals surface area contributed by atoms with E-state index < -0.39 is 31.8 Å². The summed E-state index contributed by atoms with van der Waals surface area (Å²) in [4.78, 5) is 25.8. The van der Waals surface area contributed by atoms with E-state index in [1.807, 2.05) is 44.2 Å². The summed E-state index contributed by atoms with van der Waals surface area (Å²) in [5.41, 5.74) is 8.05. The van der Waals surface area contributed by atoms with Crippen molar-refractivity contribution in [3.05, 3.63) is 42.2 Å². The Kier molecular flexibility index (Phi) is 12.3. The first-order chi connectivity index (χ1) is 21.4. The molecule has 0 amide bonds. The van der Waals surface area contributed by atoms with Crippen LogP contribution < -0.4 is 21.2 Å². The summed E-state index contributed by atoms with van der Waals surface area (Å²) in [6, 6.07) is 8.17. The molecule has 4 atom stereocenters. The molecule has 4 rings (SSSR count). The fourth-order valence-corrected chi connectivity index (χ4v) is 6.66. The molecule has 6 N–H and O–H groups in total. The number of benzene rings is 1. The van der Waals surface area contributed by atoms with Crippen molar-refractivity contribution in [3.8, 4) is 0 Å². The molecule has 248 valence electrons. The van der Waals surface area contributed by atoms with Crippen molar-refractivity contribution in [1.82, 2.24) is 29.7 Å². The Morgan fingerprint density at radius 1 is 1.13 bits per heavy atom.